The predicted octanol–water partition coefficient (Wildman–Crippen LogP) is 3.20. The molecule has 2 heterocycles. The molecule has 1 N–H and O–H groups in total. The fraction of sp³-hybridized carbons (Fsp3) is 0.231. The van der Waals surface area contributed by atoms with Crippen molar-refractivity contribution in [3.05, 3.63) is 40.8 Å². The Labute approximate surface area is 126 Å². The van der Waals surface area contributed by atoms with Gasteiger partial charge in [-0.1, -0.05) is 30.3 Å². The fourth-order valence-electron chi connectivity index (χ4n) is 1.49. The van der Waals surface area contributed by atoms with Gasteiger partial charge in [0.2, 0.25) is 0 Å². The number of hydrogen-bond donors (Lipinski definition) is 1. The number of aromatic nitrogens is 3. The zero-order valence-electron chi connectivity index (χ0n) is 11.1. The van der Waals surface area contributed by atoms with Crippen LogP contribution in [-0.4, -0.2) is 26.6 Å². The number of aryl methyl sites for hydroxylation is 1. The number of carbonyl (C=O) groups excluding carboxylic acids is 1. The number of carbonyl (C=O) groups is 1. The second-order valence-electron chi connectivity index (χ2n) is 3.95. The van der Waals surface area contributed by atoms with Crippen LogP contribution in [0.1, 0.15) is 23.0 Å². The second-order valence-corrected chi connectivity index (χ2v) is 5.59. The van der Waals surface area contributed by atoms with Crippen molar-refractivity contribution in [3.63, 3.8) is 0 Å². The molecule has 0 radical (unpaired) electrons. The third-order valence-corrected chi connectivity index (χ3v) is 3.39. The molecule has 20 heavy (non-hydrogen) atoms. The van der Waals surface area contributed by atoms with Crippen LogP contribution in [0.25, 0.3) is 0 Å². The van der Waals surface area contributed by atoms with Gasteiger partial charge in [0.25, 0.3) is 5.91 Å². The summed E-state index contributed by atoms with van der Waals surface area (Å²) in [5.74, 6) is 0.894. The molecule has 0 saturated heterocycles. The van der Waals surface area contributed by atoms with Crippen molar-refractivity contribution in [3.8, 4) is 0 Å². The summed E-state index contributed by atoms with van der Waals surface area (Å²) in [7, 11) is 0. The molecular weight excluding hydrogens is 296 g/mol. The van der Waals surface area contributed by atoms with Crippen LogP contribution in [0.4, 0.5) is 5.82 Å². The first-order valence-corrected chi connectivity index (χ1v) is 7.36. The maximum absolute atomic E-state index is 12.2. The first kappa shape index (κ1) is 14.7. The predicted molar refractivity (Wildman–Crippen MR) is 80.4 cm³/mol. The smallest absolute Gasteiger partial charge is 0.277 e. The van der Waals surface area contributed by atoms with E-state index in [0.29, 0.717) is 11.0 Å². The Morgan fingerprint density at radius 2 is 2.25 bits per heavy atom. The molecule has 0 aliphatic heterocycles. The molecule has 0 atom stereocenters. The maximum atomic E-state index is 12.2. The molecule has 1 amide bonds. The largest absolute Gasteiger partial charge is 0.305 e. The van der Waals surface area contributed by atoms with Crippen molar-refractivity contribution >= 4 is 35.1 Å². The maximum Gasteiger partial charge on any atom is 0.277 e. The lowest BCUT2D eigenvalue weighted by Crippen LogP contribution is -2.16. The molecule has 104 valence electrons. The highest BCUT2D eigenvalue weighted by atomic mass is 35.5. The lowest BCUT2D eigenvalue weighted by atomic mass is 10.3. The number of thioether (sulfide) groups is 1. The van der Waals surface area contributed by atoms with E-state index in [1.54, 1.807) is 12.3 Å². The van der Waals surface area contributed by atoms with Crippen LogP contribution in [0.15, 0.2) is 29.7 Å². The minimum Gasteiger partial charge on any atom is -0.305 e. The molecule has 0 spiro atoms. The van der Waals surface area contributed by atoms with E-state index >= 15 is 0 Å². The number of halogens is 1. The molecule has 0 unspecified atom stereocenters. The van der Waals surface area contributed by atoms with Crippen LogP contribution in [-0.2, 0) is 0 Å². The van der Waals surface area contributed by atoms with E-state index in [1.165, 1.54) is 18.0 Å². The molecule has 2 rings (SSSR count). The van der Waals surface area contributed by atoms with Crippen molar-refractivity contribution in [2.75, 3.05) is 11.1 Å². The molecular formula is C13H13ClN4OS. The highest BCUT2D eigenvalue weighted by molar-refractivity contribution is 7.99. The zero-order valence-corrected chi connectivity index (χ0v) is 12.6. The van der Waals surface area contributed by atoms with Crippen molar-refractivity contribution in [1.82, 2.24) is 15.0 Å². The van der Waals surface area contributed by atoms with Crippen LogP contribution in [0.5, 0.6) is 0 Å². The normalized spacial score (nSPS) is 10.3. The van der Waals surface area contributed by atoms with Gasteiger partial charge < -0.3 is 5.32 Å². The Kier molecular flexibility index (Phi) is 4.92. The van der Waals surface area contributed by atoms with E-state index in [2.05, 4.69) is 20.3 Å². The van der Waals surface area contributed by atoms with Crippen LogP contribution >= 0.6 is 23.4 Å². The number of anilines is 1. The number of hydrogen-bond acceptors (Lipinski definition) is 5. The van der Waals surface area contributed by atoms with Gasteiger partial charge in [-0.05, 0) is 30.4 Å². The minimum atomic E-state index is -0.395. The fourth-order valence-corrected chi connectivity index (χ4v) is 2.21. The van der Waals surface area contributed by atoms with Gasteiger partial charge in [-0.25, -0.2) is 15.0 Å². The molecule has 7 heteroatoms. The van der Waals surface area contributed by atoms with E-state index < -0.39 is 5.91 Å². The van der Waals surface area contributed by atoms with Crippen molar-refractivity contribution < 1.29 is 4.79 Å². The molecule has 0 bridgehead atoms. The summed E-state index contributed by atoms with van der Waals surface area (Å²) in [4.78, 5) is 24.5. The quantitative estimate of drug-likeness (QED) is 0.694. The monoisotopic (exact) mass is 308 g/mol. The van der Waals surface area contributed by atoms with E-state index in [4.69, 9.17) is 11.6 Å². The number of rotatable bonds is 4. The van der Waals surface area contributed by atoms with Gasteiger partial charge in [0.1, 0.15) is 5.82 Å². The summed E-state index contributed by atoms with van der Waals surface area (Å²) in [5, 5.41) is 3.42. The van der Waals surface area contributed by atoms with Crippen LogP contribution < -0.4 is 5.32 Å². The second kappa shape index (κ2) is 6.67. The van der Waals surface area contributed by atoms with Gasteiger partial charge >= 0.3 is 0 Å². The Bertz CT molecular complexity index is 636. The lowest BCUT2D eigenvalue weighted by Gasteiger charge is -2.06. The minimum absolute atomic E-state index is 0.154. The average molecular weight is 309 g/mol. The zero-order chi connectivity index (χ0) is 14.5. The molecule has 2 aromatic heterocycles. The van der Waals surface area contributed by atoms with Crippen LogP contribution in [0.3, 0.4) is 0 Å². The van der Waals surface area contributed by atoms with E-state index in [1.807, 2.05) is 19.9 Å². The highest BCUT2D eigenvalue weighted by Gasteiger charge is 2.15. The van der Waals surface area contributed by atoms with Crippen molar-refractivity contribution in [2.45, 2.75) is 19.0 Å². The number of nitrogens with zero attached hydrogens (tertiary/aromatic N) is 3. The number of amides is 1. The summed E-state index contributed by atoms with van der Waals surface area (Å²) in [6.07, 6.45) is 3.07. The van der Waals surface area contributed by atoms with Gasteiger partial charge in [0, 0.05) is 6.20 Å². The van der Waals surface area contributed by atoms with E-state index in [0.717, 1.165) is 11.3 Å². The Morgan fingerprint density at radius 1 is 1.45 bits per heavy atom. The summed E-state index contributed by atoms with van der Waals surface area (Å²) >= 11 is 7.42. The van der Waals surface area contributed by atoms with Gasteiger partial charge in [0.05, 0.1) is 11.2 Å². The highest BCUT2D eigenvalue weighted by Crippen LogP contribution is 2.19. The molecule has 0 aliphatic rings. The molecule has 0 saturated carbocycles. The third kappa shape index (κ3) is 3.68. The first-order valence-electron chi connectivity index (χ1n) is 5.99. The molecule has 0 aliphatic carbocycles. The summed E-state index contributed by atoms with van der Waals surface area (Å²) in [6.45, 7) is 3.91. The number of pyridine rings is 1. The van der Waals surface area contributed by atoms with E-state index in [-0.39, 0.29) is 10.7 Å². The topological polar surface area (TPSA) is 67.8 Å². The SMILES string of the molecule is CCSc1ncc(Cl)c(C(=O)Nc2cc(C)ccn2)n1. The molecule has 5 nitrogen and oxygen atoms in total. The van der Waals surface area contributed by atoms with E-state index in [9.17, 15) is 4.79 Å². The van der Waals surface area contributed by atoms with Crippen LogP contribution in [0, 0.1) is 6.92 Å². The Morgan fingerprint density at radius 3 is 2.95 bits per heavy atom. The number of nitrogens with one attached hydrogen (secondary N) is 1. The average Bonchev–Trinajstić information content (AvgIpc) is 2.41. The van der Waals surface area contributed by atoms with Gasteiger partial charge in [0.15, 0.2) is 10.9 Å². The van der Waals surface area contributed by atoms with Crippen molar-refractivity contribution in [2.24, 2.45) is 0 Å². The van der Waals surface area contributed by atoms with Crippen LogP contribution in [0.2, 0.25) is 5.02 Å². The van der Waals surface area contributed by atoms with Gasteiger partial charge in [-0.15, -0.1) is 0 Å². The summed E-state index contributed by atoms with van der Waals surface area (Å²) < 4.78 is 0. The Hall–Kier alpha value is -1.66. The standard InChI is InChI=1S/C13H13ClN4OS/c1-3-20-13-16-7-9(14)11(18-13)12(19)17-10-6-8(2)4-5-15-10/h4-7H,3H2,1-2H3,(H,15,17,19). The lowest BCUT2D eigenvalue weighted by molar-refractivity contribution is 0.102. The summed E-state index contributed by atoms with van der Waals surface area (Å²) in [5.41, 5.74) is 1.16. The van der Waals surface area contributed by atoms with Crippen molar-refractivity contribution in [1.29, 1.82) is 0 Å². The molecule has 0 fully saturated rings. The molecule has 0 aromatic carbocycles. The summed E-state index contributed by atoms with van der Waals surface area (Å²) in [6, 6.07) is 3.62. The van der Waals surface area contributed by atoms with Gasteiger partial charge in [-0.2, -0.15) is 0 Å². The molecule has 2 aromatic rings. The Balaban J connectivity index is 2.22. The first-order chi connectivity index (χ1) is 9.60. The van der Waals surface area contributed by atoms with Gasteiger partial charge in [-0.3, -0.25) is 4.79 Å². The third-order valence-electron chi connectivity index (χ3n) is 2.37.